The first-order valence-corrected chi connectivity index (χ1v) is 6.49. The summed E-state index contributed by atoms with van der Waals surface area (Å²) in [5.41, 5.74) is 2.28. The van der Waals surface area contributed by atoms with E-state index in [2.05, 4.69) is 21.4 Å². The van der Waals surface area contributed by atoms with Gasteiger partial charge in [-0.2, -0.15) is 0 Å². The number of hydrogen-bond acceptors (Lipinski definition) is 4. The third kappa shape index (κ3) is 2.88. The molecule has 2 aromatic rings. The van der Waals surface area contributed by atoms with Crippen molar-refractivity contribution in [1.29, 1.82) is 0 Å². The van der Waals surface area contributed by atoms with Crippen molar-refractivity contribution in [3.8, 4) is 11.5 Å². The fraction of sp³-hybridized carbons (Fsp3) is 0.357. The van der Waals surface area contributed by atoms with E-state index in [4.69, 9.17) is 9.47 Å². The average molecular weight is 259 g/mol. The van der Waals surface area contributed by atoms with Crippen LogP contribution < -0.4 is 14.8 Å². The summed E-state index contributed by atoms with van der Waals surface area (Å²) in [6.45, 7) is 2.93. The molecule has 2 heterocycles. The van der Waals surface area contributed by atoms with Gasteiger partial charge in [-0.05, 0) is 6.07 Å². The maximum atomic E-state index is 5.68. The van der Waals surface area contributed by atoms with Gasteiger partial charge in [0.05, 0.1) is 6.33 Å². The molecule has 0 aliphatic carbocycles. The maximum Gasteiger partial charge on any atom is 0.165 e. The minimum Gasteiger partial charge on any atom is -0.486 e. The molecule has 5 nitrogen and oxygen atoms in total. The number of benzene rings is 1. The Morgan fingerprint density at radius 2 is 2.21 bits per heavy atom. The Labute approximate surface area is 112 Å². The molecule has 0 saturated heterocycles. The van der Waals surface area contributed by atoms with Gasteiger partial charge in [0.25, 0.3) is 0 Å². The van der Waals surface area contributed by atoms with E-state index in [9.17, 15) is 0 Å². The van der Waals surface area contributed by atoms with Gasteiger partial charge in [0, 0.05) is 37.0 Å². The van der Waals surface area contributed by atoms with Crippen LogP contribution in [0, 0.1) is 0 Å². The smallest absolute Gasteiger partial charge is 0.165 e. The highest BCUT2D eigenvalue weighted by atomic mass is 16.6. The molecule has 1 aromatic carbocycles. The molecule has 0 bridgehead atoms. The van der Waals surface area contributed by atoms with Crippen LogP contribution in [0.4, 0.5) is 0 Å². The number of aromatic amines is 1. The van der Waals surface area contributed by atoms with Gasteiger partial charge in [0.1, 0.15) is 13.2 Å². The predicted octanol–water partition coefficient (Wildman–Crippen LogP) is 1.51. The van der Waals surface area contributed by atoms with E-state index in [1.54, 1.807) is 6.33 Å². The molecule has 5 heteroatoms. The van der Waals surface area contributed by atoms with Crippen LogP contribution in [0.25, 0.3) is 0 Å². The van der Waals surface area contributed by atoms with Crippen molar-refractivity contribution >= 4 is 0 Å². The fourth-order valence-corrected chi connectivity index (χ4v) is 2.14. The van der Waals surface area contributed by atoms with E-state index < -0.39 is 0 Å². The summed E-state index contributed by atoms with van der Waals surface area (Å²) in [7, 11) is 0. The van der Waals surface area contributed by atoms with Gasteiger partial charge in [0.2, 0.25) is 0 Å². The highest BCUT2D eigenvalue weighted by Gasteiger charge is 2.14. The Morgan fingerprint density at radius 3 is 3.11 bits per heavy atom. The SMILES string of the molecule is c1cc(CNCCc2cnc[nH]2)c2c(c1)OCCO2. The Kier molecular flexibility index (Phi) is 3.65. The normalized spacial score (nSPS) is 13.5. The molecule has 1 aliphatic heterocycles. The highest BCUT2D eigenvalue weighted by molar-refractivity contribution is 5.47. The van der Waals surface area contributed by atoms with E-state index in [0.717, 1.165) is 42.3 Å². The number of imidazole rings is 1. The third-order valence-corrected chi connectivity index (χ3v) is 3.09. The summed E-state index contributed by atoms with van der Waals surface area (Å²) in [5, 5.41) is 3.41. The molecule has 0 unspecified atom stereocenters. The van der Waals surface area contributed by atoms with Crippen LogP contribution in [0.3, 0.4) is 0 Å². The topological polar surface area (TPSA) is 59.2 Å². The van der Waals surface area contributed by atoms with Gasteiger partial charge >= 0.3 is 0 Å². The van der Waals surface area contributed by atoms with Crippen molar-refractivity contribution in [3.63, 3.8) is 0 Å². The molecule has 100 valence electrons. The van der Waals surface area contributed by atoms with Crippen LogP contribution in [0.1, 0.15) is 11.3 Å². The number of H-pyrrole nitrogens is 1. The van der Waals surface area contributed by atoms with Gasteiger partial charge in [-0.15, -0.1) is 0 Å². The summed E-state index contributed by atoms with van der Waals surface area (Å²) in [6, 6.07) is 6.01. The number of rotatable bonds is 5. The molecule has 19 heavy (non-hydrogen) atoms. The monoisotopic (exact) mass is 259 g/mol. The molecule has 0 radical (unpaired) electrons. The lowest BCUT2D eigenvalue weighted by Crippen LogP contribution is -2.20. The Morgan fingerprint density at radius 1 is 1.26 bits per heavy atom. The molecule has 1 aliphatic rings. The highest BCUT2D eigenvalue weighted by Crippen LogP contribution is 2.33. The minimum absolute atomic E-state index is 0.623. The van der Waals surface area contributed by atoms with Gasteiger partial charge in [-0.3, -0.25) is 0 Å². The van der Waals surface area contributed by atoms with Crippen molar-refractivity contribution in [3.05, 3.63) is 42.0 Å². The van der Waals surface area contributed by atoms with Crippen LogP contribution in [0.2, 0.25) is 0 Å². The zero-order valence-electron chi connectivity index (χ0n) is 10.7. The summed E-state index contributed by atoms with van der Waals surface area (Å²) in [4.78, 5) is 7.09. The standard InChI is InChI=1S/C14H17N3O2/c1-2-11(14-13(3-1)18-6-7-19-14)8-15-5-4-12-9-16-10-17-12/h1-3,9-10,15H,4-8H2,(H,16,17). The van der Waals surface area contributed by atoms with Crippen molar-refractivity contribution in [2.75, 3.05) is 19.8 Å². The number of nitrogens with one attached hydrogen (secondary N) is 2. The first-order chi connectivity index (χ1) is 9.43. The number of aromatic nitrogens is 2. The molecule has 2 N–H and O–H groups in total. The lowest BCUT2D eigenvalue weighted by Gasteiger charge is -2.21. The number of para-hydroxylation sites is 1. The van der Waals surface area contributed by atoms with Crippen LogP contribution in [-0.4, -0.2) is 29.7 Å². The minimum atomic E-state index is 0.623. The van der Waals surface area contributed by atoms with E-state index in [1.807, 2.05) is 18.3 Å². The second kappa shape index (κ2) is 5.75. The molecule has 0 saturated carbocycles. The van der Waals surface area contributed by atoms with Crippen LogP contribution in [0.15, 0.2) is 30.7 Å². The quantitative estimate of drug-likeness (QED) is 0.799. The van der Waals surface area contributed by atoms with Gasteiger partial charge in [0.15, 0.2) is 11.5 Å². The first kappa shape index (κ1) is 12.0. The van der Waals surface area contributed by atoms with Crippen LogP contribution in [-0.2, 0) is 13.0 Å². The molecule has 1 aromatic heterocycles. The third-order valence-electron chi connectivity index (χ3n) is 3.09. The first-order valence-electron chi connectivity index (χ1n) is 6.49. The number of hydrogen-bond donors (Lipinski definition) is 2. The summed E-state index contributed by atoms with van der Waals surface area (Å²) >= 11 is 0. The molecule has 0 spiro atoms. The lowest BCUT2D eigenvalue weighted by atomic mass is 10.1. The number of nitrogens with zero attached hydrogens (tertiary/aromatic N) is 1. The van der Waals surface area contributed by atoms with Crippen molar-refractivity contribution in [1.82, 2.24) is 15.3 Å². The average Bonchev–Trinajstić information content (AvgIpc) is 2.97. The van der Waals surface area contributed by atoms with Crippen LogP contribution in [0.5, 0.6) is 11.5 Å². The fourth-order valence-electron chi connectivity index (χ4n) is 2.14. The van der Waals surface area contributed by atoms with Gasteiger partial charge < -0.3 is 19.8 Å². The molecule has 0 atom stereocenters. The van der Waals surface area contributed by atoms with Gasteiger partial charge in [-0.1, -0.05) is 12.1 Å². The second-order valence-electron chi connectivity index (χ2n) is 4.44. The van der Waals surface area contributed by atoms with E-state index in [1.165, 1.54) is 0 Å². The maximum absolute atomic E-state index is 5.68. The Bertz CT molecular complexity index is 525. The van der Waals surface area contributed by atoms with Crippen LogP contribution >= 0.6 is 0 Å². The van der Waals surface area contributed by atoms with E-state index in [-0.39, 0.29) is 0 Å². The molecular formula is C14H17N3O2. The summed E-state index contributed by atoms with van der Waals surface area (Å²) < 4.78 is 11.2. The molecular weight excluding hydrogens is 242 g/mol. The Hall–Kier alpha value is -2.01. The lowest BCUT2D eigenvalue weighted by molar-refractivity contribution is 0.169. The van der Waals surface area contributed by atoms with Crippen molar-refractivity contribution in [2.24, 2.45) is 0 Å². The predicted molar refractivity (Wildman–Crippen MR) is 71.4 cm³/mol. The Balaban J connectivity index is 1.55. The molecule has 0 amide bonds. The largest absolute Gasteiger partial charge is 0.486 e. The summed E-state index contributed by atoms with van der Waals surface area (Å²) in [6.07, 6.45) is 4.49. The number of ether oxygens (including phenoxy) is 2. The molecule has 0 fully saturated rings. The zero-order valence-corrected chi connectivity index (χ0v) is 10.7. The van der Waals surface area contributed by atoms with Gasteiger partial charge in [-0.25, -0.2) is 4.98 Å². The van der Waals surface area contributed by atoms with E-state index in [0.29, 0.717) is 13.2 Å². The van der Waals surface area contributed by atoms with Crippen molar-refractivity contribution < 1.29 is 9.47 Å². The molecule has 3 rings (SSSR count). The van der Waals surface area contributed by atoms with E-state index >= 15 is 0 Å². The summed E-state index contributed by atoms with van der Waals surface area (Å²) in [5.74, 6) is 1.72. The second-order valence-corrected chi connectivity index (χ2v) is 4.44. The number of fused-ring (bicyclic) bond motifs is 1. The van der Waals surface area contributed by atoms with Crippen molar-refractivity contribution in [2.45, 2.75) is 13.0 Å². The zero-order chi connectivity index (χ0) is 12.9.